The van der Waals surface area contributed by atoms with E-state index in [4.69, 9.17) is 78.4 Å². The summed E-state index contributed by atoms with van der Waals surface area (Å²) in [5.41, 5.74) is 1.16. The number of carboxylic acid groups (broad SMARTS) is 6. The molecule has 0 spiro atoms. The number of ketones is 2. The number of aliphatic carboxylic acids is 6. The van der Waals surface area contributed by atoms with Crippen LogP contribution in [0.15, 0.2) is 36.4 Å². The van der Waals surface area contributed by atoms with Crippen LogP contribution in [0, 0.1) is 0 Å². The average molecular weight is 829 g/mol. The lowest BCUT2D eigenvalue weighted by molar-refractivity contribution is -0.159. The number of likely N-dealkylation sites (tertiary alicyclic amines) is 2. The van der Waals surface area contributed by atoms with Crippen LogP contribution in [0.3, 0.4) is 0 Å². The van der Waals surface area contributed by atoms with Crippen LogP contribution in [-0.4, -0.2) is 176 Å². The molecule has 0 radical (unpaired) electrons. The molecule has 4 unspecified atom stereocenters. The predicted molar refractivity (Wildman–Crippen MR) is 197 cm³/mol. The number of aliphatic hydroxyl groups excluding tert-OH is 2. The SMILES string of the molecule is CCN1CC(O)C(Oc2ccc(C(C)=O)cc2OC)C1.CCN1CC(O)C(Oc2ccc(C(C)=O)cc2OC)C1.O=C(O)C(=O)O.O=C(O)C(=O)O.O=C(O)C(=O)O. The third-order valence-corrected chi connectivity index (χ3v) is 7.77. The Morgan fingerprint density at radius 1 is 0.517 bits per heavy atom. The Hall–Kier alpha value is -6.36. The number of carbonyl (C=O) groups is 8. The summed E-state index contributed by atoms with van der Waals surface area (Å²) >= 11 is 0. The van der Waals surface area contributed by atoms with Crippen LogP contribution in [0.5, 0.6) is 23.0 Å². The Labute approximate surface area is 331 Å². The van der Waals surface area contributed by atoms with Crippen LogP contribution in [0.4, 0.5) is 0 Å². The predicted octanol–water partition coefficient (Wildman–Crippen LogP) is 0.150. The lowest BCUT2D eigenvalue weighted by Gasteiger charge is -2.19. The summed E-state index contributed by atoms with van der Waals surface area (Å²) < 4.78 is 22.2. The number of carbonyl (C=O) groups excluding carboxylic acids is 2. The van der Waals surface area contributed by atoms with Crippen molar-refractivity contribution in [3.8, 4) is 23.0 Å². The number of rotatable bonds is 10. The van der Waals surface area contributed by atoms with E-state index in [2.05, 4.69) is 23.6 Å². The van der Waals surface area contributed by atoms with Gasteiger partial charge in [-0.05, 0) is 63.3 Å². The molecule has 0 amide bonds. The number of carboxylic acids is 6. The zero-order valence-corrected chi connectivity index (χ0v) is 32.4. The first-order valence-corrected chi connectivity index (χ1v) is 16.9. The van der Waals surface area contributed by atoms with Gasteiger partial charge in [-0.2, -0.15) is 0 Å². The molecule has 22 heteroatoms. The molecule has 2 aromatic rings. The maximum absolute atomic E-state index is 11.4. The molecule has 8 N–H and O–H groups in total. The Morgan fingerprint density at radius 3 is 0.983 bits per heavy atom. The zero-order valence-electron chi connectivity index (χ0n) is 32.4. The number of aliphatic hydroxyl groups is 2. The maximum Gasteiger partial charge on any atom is 0.414 e. The largest absolute Gasteiger partial charge is 0.493 e. The number of ether oxygens (including phenoxy) is 4. The van der Waals surface area contributed by atoms with E-state index in [1.807, 2.05) is 0 Å². The molecule has 2 fully saturated rings. The van der Waals surface area contributed by atoms with Gasteiger partial charge in [-0.15, -0.1) is 0 Å². The number of benzene rings is 2. The lowest BCUT2D eigenvalue weighted by Crippen LogP contribution is -2.30. The van der Waals surface area contributed by atoms with Crippen molar-refractivity contribution in [2.24, 2.45) is 0 Å². The minimum atomic E-state index is -1.82. The first kappa shape index (κ1) is 51.6. The molecule has 0 aromatic heterocycles. The molecule has 22 nitrogen and oxygen atoms in total. The first-order chi connectivity index (χ1) is 27.0. The molecule has 322 valence electrons. The number of β-amino-alcohol motifs (C(OH)–C–C–N with tert-alkyl or cyclic N) is 2. The minimum absolute atomic E-state index is 0.0205. The molecule has 2 saturated heterocycles. The fourth-order valence-electron chi connectivity index (χ4n) is 4.71. The Balaban J connectivity index is 0.000000794. The van der Waals surface area contributed by atoms with Crippen LogP contribution in [-0.2, 0) is 28.8 Å². The average Bonchev–Trinajstić information content (AvgIpc) is 3.72. The van der Waals surface area contributed by atoms with Crippen molar-refractivity contribution in [1.82, 2.24) is 9.80 Å². The van der Waals surface area contributed by atoms with Gasteiger partial charge in [0, 0.05) is 37.3 Å². The van der Waals surface area contributed by atoms with E-state index in [0.717, 1.165) is 13.1 Å². The van der Waals surface area contributed by atoms with Gasteiger partial charge in [0.2, 0.25) is 0 Å². The number of Topliss-reactive ketones (excluding diaryl/α,β-unsaturated/α-hetero) is 2. The number of methoxy groups -OCH3 is 2. The molecular formula is C36H48N2O20. The Kier molecular flexibility index (Phi) is 22.9. The molecule has 0 bridgehead atoms. The summed E-state index contributed by atoms with van der Waals surface area (Å²) in [6, 6.07) is 10.2. The minimum Gasteiger partial charge on any atom is -0.493 e. The highest BCUT2D eigenvalue weighted by Crippen LogP contribution is 2.32. The van der Waals surface area contributed by atoms with Crippen molar-refractivity contribution in [1.29, 1.82) is 0 Å². The molecular weight excluding hydrogens is 780 g/mol. The van der Waals surface area contributed by atoms with Gasteiger partial charge in [0.25, 0.3) is 0 Å². The summed E-state index contributed by atoms with van der Waals surface area (Å²) in [6.07, 6.45) is -1.56. The molecule has 4 atom stereocenters. The van der Waals surface area contributed by atoms with Gasteiger partial charge < -0.3 is 59.8 Å². The van der Waals surface area contributed by atoms with E-state index in [0.29, 0.717) is 60.3 Å². The van der Waals surface area contributed by atoms with Crippen molar-refractivity contribution < 1.29 is 98.2 Å². The second kappa shape index (κ2) is 25.7. The van der Waals surface area contributed by atoms with Crippen molar-refractivity contribution in [3.05, 3.63) is 47.5 Å². The smallest absolute Gasteiger partial charge is 0.414 e. The quantitative estimate of drug-likeness (QED) is 0.117. The molecule has 2 aromatic carbocycles. The van der Waals surface area contributed by atoms with Gasteiger partial charge in [-0.25, -0.2) is 28.8 Å². The number of likely N-dealkylation sites (N-methyl/N-ethyl adjacent to an activating group) is 2. The molecule has 58 heavy (non-hydrogen) atoms. The topological polar surface area (TPSA) is 342 Å². The molecule has 2 heterocycles. The molecule has 0 saturated carbocycles. The van der Waals surface area contributed by atoms with Crippen molar-refractivity contribution in [2.75, 3.05) is 53.5 Å². The Bertz CT molecular complexity index is 1560. The standard InChI is InChI=1S/2C15H21NO4.3C2H2O4/c2*1-4-16-8-12(18)15(9-16)20-13-6-5-11(10(2)17)7-14(13)19-3;3*3-1(4)2(5)6/h2*5-7,12,15,18H,4,8-9H2,1-3H3;3*(H,3,4)(H,5,6). The first-order valence-electron chi connectivity index (χ1n) is 16.9. The number of nitrogens with zero attached hydrogens (tertiary/aromatic N) is 2. The van der Waals surface area contributed by atoms with Crippen molar-refractivity contribution in [2.45, 2.75) is 52.1 Å². The summed E-state index contributed by atoms with van der Waals surface area (Å²) in [6.45, 7) is 11.5. The number of hydrogen-bond donors (Lipinski definition) is 8. The molecule has 0 aliphatic carbocycles. The second-order valence-electron chi connectivity index (χ2n) is 11.8. The maximum atomic E-state index is 11.4. The zero-order chi connectivity index (χ0) is 44.9. The van der Waals surface area contributed by atoms with Gasteiger partial charge in [-0.1, -0.05) is 13.8 Å². The monoisotopic (exact) mass is 828 g/mol. The second-order valence-corrected chi connectivity index (χ2v) is 11.8. The summed E-state index contributed by atoms with van der Waals surface area (Å²) in [5, 5.41) is 64.3. The van der Waals surface area contributed by atoms with Gasteiger partial charge in [0.15, 0.2) is 34.6 Å². The Morgan fingerprint density at radius 2 is 0.793 bits per heavy atom. The van der Waals surface area contributed by atoms with E-state index in [-0.39, 0.29) is 23.8 Å². The fraction of sp³-hybridized carbons (Fsp3) is 0.444. The van der Waals surface area contributed by atoms with Crippen LogP contribution >= 0.6 is 0 Å². The normalized spacial score (nSPS) is 18.0. The lowest BCUT2D eigenvalue weighted by atomic mass is 10.1. The summed E-state index contributed by atoms with van der Waals surface area (Å²) in [4.78, 5) is 81.6. The molecule has 4 rings (SSSR count). The van der Waals surface area contributed by atoms with Crippen molar-refractivity contribution in [3.63, 3.8) is 0 Å². The molecule has 2 aliphatic rings. The highest BCUT2D eigenvalue weighted by atomic mass is 16.5. The van der Waals surface area contributed by atoms with E-state index in [1.54, 1.807) is 36.4 Å². The third kappa shape index (κ3) is 18.5. The molecule has 2 aliphatic heterocycles. The van der Waals surface area contributed by atoms with Gasteiger partial charge >= 0.3 is 35.8 Å². The van der Waals surface area contributed by atoms with Crippen LogP contribution < -0.4 is 18.9 Å². The van der Waals surface area contributed by atoms with Gasteiger partial charge in [0.05, 0.1) is 14.2 Å². The van der Waals surface area contributed by atoms with Crippen LogP contribution in [0.25, 0.3) is 0 Å². The summed E-state index contributed by atoms with van der Waals surface area (Å²) in [7, 11) is 3.07. The van der Waals surface area contributed by atoms with E-state index < -0.39 is 48.0 Å². The fourth-order valence-corrected chi connectivity index (χ4v) is 4.71. The van der Waals surface area contributed by atoms with E-state index in [9.17, 15) is 19.8 Å². The highest BCUT2D eigenvalue weighted by Gasteiger charge is 2.33. The number of hydrogen-bond acceptors (Lipinski definition) is 16. The van der Waals surface area contributed by atoms with E-state index in [1.165, 1.54) is 28.1 Å². The van der Waals surface area contributed by atoms with Crippen molar-refractivity contribution >= 4 is 47.4 Å². The van der Waals surface area contributed by atoms with Gasteiger partial charge in [0.1, 0.15) is 24.4 Å². The van der Waals surface area contributed by atoms with Crippen LogP contribution in [0.1, 0.15) is 48.4 Å². The summed E-state index contributed by atoms with van der Waals surface area (Å²) in [5.74, 6) is -8.85. The highest BCUT2D eigenvalue weighted by molar-refractivity contribution is 6.28. The van der Waals surface area contributed by atoms with E-state index >= 15 is 0 Å². The van der Waals surface area contributed by atoms with Crippen LogP contribution in [0.2, 0.25) is 0 Å². The third-order valence-electron chi connectivity index (χ3n) is 7.77. The van der Waals surface area contributed by atoms with Gasteiger partial charge in [-0.3, -0.25) is 19.4 Å².